The van der Waals surface area contributed by atoms with Crippen LogP contribution in [-0.2, 0) is 0 Å². The number of carbonyl (C=O) groups is 1. The van der Waals surface area contributed by atoms with Crippen LogP contribution in [0.5, 0.6) is 5.75 Å². The van der Waals surface area contributed by atoms with E-state index in [2.05, 4.69) is 0 Å². The second-order valence-corrected chi connectivity index (χ2v) is 3.99. The van der Waals surface area contributed by atoms with Crippen molar-refractivity contribution in [1.29, 1.82) is 0 Å². The van der Waals surface area contributed by atoms with Gasteiger partial charge < -0.3 is 10.8 Å². The summed E-state index contributed by atoms with van der Waals surface area (Å²) in [5.74, 6) is -0.389. The van der Waals surface area contributed by atoms with Gasteiger partial charge >= 0.3 is 0 Å². The highest BCUT2D eigenvalue weighted by Crippen LogP contribution is 2.29. The Morgan fingerprint density at radius 2 is 1.82 bits per heavy atom. The van der Waals surface area contributed by atoms with Crippen LogP contribution in [0.25, 0.3) is 0 Å². The zero-order valence-corrected chi connectivity index (χ0v) is 9.61. The smallest absolute Gasteiger partial charge is 0.194 e. The number of ketones is 1. The van der Waals surface area contributed by atoms with Gasteiger partial charge in [0.1, 0.15) is 5.75 Å². The van der Waals surface area contributed by atoms with E-state index >= 15 is 0 Å². The van der Waals surface area contributed by atoms with Crippen LogP contribution < -0.4 is 5.73 Å². The quantitative estimate of drug-likeness (QED) is 0.487. The summed E-state index contributed by atoms with van der Waals surface area (Å²) in [6.07, 6.45) is 0. The lowest BCUT2D eigenvalue weighted by molar-refractivity contribution is 0.103. The number of benzene rings is 2. The van der Waals surface area contributed by atoms with Gasteiger partial charge in [0.25, 0.3) is 0 Å². The SMILES string of the molecule is Nc1cc(Cl)c(C(=O)c2ccccc2)cc1O. The lowest BCUT2D eigenvalue weighted by atomic mass is 10.0. The lowest BCUT2D eigenvalue weighted by Gasteiger charge is -2.06. The van der Waals surface area contributed by atoms with E-state index in [0.717, 1.165) is 0 Å². The van der Waals surface area contributed by atoms with Gasteiger partial charge in [0, 0.05) is 11.1 Å². The highest BCUT2D eigenvalue weighted by Gasteiger charge is 2.14. The summed E-state index contributed by atoms with van der Waals surface area (Å²) >= 11 is 5.93. The fraction of sp³-hybridized carbons (Fsp3) is 0. The third-order valence-corrected chi connectivity index (χ3v) is 2.71. The van der Waals surface area contributed by atoms with E-state index in [1.54, 1.807) is 24.3 Å². The van der Waals surface area contributed by atoms with E-state index < -0.39 is 0 Å². The van der Waals surface area contributed by atoms with Gasteiger partial charge in [-0.05, 0) is 12.1 Å². The van der Waals surface area contributed by atoms with Crippen LogP contribution in [0.4, 0.5) is 5.69 Å². The van der Waals surface area contributed by atoms with Crippen molar-refractivity contribution in [2.45, 2.75) is 0 Å². The molecule has 2 aromatic carbocycles. The van der Waals surface area contributed by atoms with Crippen LogP contribution >= 0.6 is 11.6 Å². The molecule has 0 bridgehead atoms. The third-order valence-electron chi connectivity index (χ3n) is 2.40. The minimum absolute atomic E-state index is 0.145. The first kappa shape index (κ1) is 11.5. The van der Waals surface area contributed by atoms with Crippen molar-refractivity contribution in [2.24, 2.45) is 0 Å². The highest BCUT2D eigenvalue weighted by atomic mass is 35.5. The molecule has 0 saturated heterocycles. The van der Waals surface area contributed by atoms with E-state index in [9.17, 15) is 9.90 Å². The van der Waals surface area contributed by atoms with Gasteiger partial charge in [-0.1, -0.05) is 41.9 Å². The Labute approximate surface area is 103 Å². The van der Waals surface area contributed by atoms with E-state index in [0.29, 0.717) is 5.56 Å². The standard InChI is InChI=1S/C13H10ClNO2/c14-10-7-11(15)12(16)6-9(10)13(17)8-4-2-1-3-5-8/h1-7,16H,15H2. The largest absolute Gasteiger partial charge is 0.506 e. The maximum absolute atomic E-state index is 12.1. The zero-order valence-electron chi connectivity index (χ0n) is 8.85. The Morgan fingerprint density at radius 1 is 1.18 bits per heavy atom. The van der Waals surface area contributed by atoms with E-state index in [4.69, 9.17) is 17.3 Å². The van der Waals surface area contributed by atoms with Crippen LogP contribution in [0, 0.1) is 0 Å². The molecule has 0 atom stereocenters. The Hall–Kier alpha value is -2.00. The molecule has 17 heavy (non-hydrogen) atoms. The highest BCUT2D eigenvalue weighted by molar-refractivity contribution is 6.35. The van der Waals surface area contributed by atoms with Gasteiger partial charge in [0.15, 0.2) is 5.78 Å². The number of hydrogen-bond donors (Lipinski definition) is 2. The van der Waals surface area contributed by atoms with Crippen molar-refractivity contribution >= 4 is 23.1 Å². The summed E-state index contributed by atoms with van der Waals surface area (Å²) < 4.78 is 0. The van der Waals surface area contributed by atoms with Gasteiger partial charge in [-0.25, -0.2) is 0 Å². The maximum Gasteiger partial charge on any atom is 0.194 e. The van der Waals surface area contributed by atoms with Crippen molar-refractivity contribution < 1.29 is 9.90 Å². The molecule has 2 aromatic rings. The number of nitrogens with two attached hydrogens (primary N) is 1. The summed E-state index contributed by atoms with van der Waals surface area (Å²) in [6, 6.07) is 11.4. The molecule has 0 aliphatic heterocycles. The average Bonchev–Trinajstić information content (AvgIpc) is 2.34. The number of phenols is 1. The van der Waals surface area contributed by atoms with Crippen molar-refractivity contribution in [3.05, 3.63) is 58.6 Å². The predicted molar refractivity (Wildman–Crippen MR) is 67.4 cm³/mol. The van der Waals surface area contributed by atoms with Crippen molar-refractivity contribution in [3.8, 4) is 5.75 Å². The van der Waals surface area contributed by atoms with Crippen LogP contribution in [0.1, 0.15) is 15.9 Å². The molecule has 0 heterocycles. The molecule has 3 nitrogen and oxygen atoms in total. The first-order valence-corrected chi connectivity index (χ1v) is 5.35. The molecule has 0 unspecified atom stereocenters. The predicted octanol–water partition coefficient (Wildman–Crippen LogP) is 2.86. The second kappa shape index (κ2) is 4.47. The Bertz CT molecular complexity index is 567. The first-order chi connectivity index (χ1) is 8.09. The molecule has 4 heteroatoms. The summed E-state index contributed by atoms with van der Waals surface area (Å²) in [7, 11) is 0. The number of anilines is 1. The number of carbonyl (C=O) groups excluding carboxylic acids is 1. The number of nitrogen functional groups attached to an aromatic ring is 1. The number of halogens is 1. The summed E-state index contributed by atoms with van der Waals surface area (Å²) in [5.41, 5.74) is 6.39. The summed E-state index contributed by atoms with van der Waals surface area (Å²) in [6.45, 7) is 0. The molecule has 0 saturated carbocycles. The topological polar surface area (TPSA) is 63.3 Å². The molecule has 86 valence electrons. The van der Waals surface area contributed by atoms with Crippen LogP contribution in [-0.4, -0.2) is 10.9 Å². The minimum Gasteiger partial charge on any atom is -0.506 e. The molecule has 0 fully saturated rings. The van der Waals surface area contributed by atoms with Crippen molar-refractivity contribution in [1.82, 2.24) is 0 Å². The lowest BCUT2D eigenvalue weighted by Crippen LogP contribution is -2.02. The van der Waals surface area contributed by atoms with Gasteiger partial charge in [-0.2, -0.15) is 0 Å². The Kier molecular flexibility index (Phi) is 3.02. The minimum atomic E-state index is -0.245. The average molecular weight is 248 g/mol. The van der Waals surface area contributed by atoms with Crippen LogP contribution in [0.15, 0.2) is 42.5 Å². The molecular weight excluding hydrogens is 238 g/mol. The van der Waals surface area contributed by atoms with Gasteiger partial charge in [0.2, 0.25) is 0 Å². The van der Waals surface area contributed by atoms with Crippen molar-refractivity contribution in [3.63, 3.8) is 0 Å². The molecule has 0 amide bonds. The molecule has 2 rings (SSSR count). The third kappa shape index (κ3) is 2.24. The fourth-order valence-corrected chi connectivity index (χ4v) is 1.75. The first-order valence-electron chi connectivity index (χ1n) is 4.97. The maximum atomic E-state index is 12.1. The molecule has 0 aromatic heterocycles. The van der Waals surface area contributed by atoms with E-state index in [1.165, 1.54) is 12.1 Å². The van der Waals surface area contributed by atoms with Crippen LogP contribution in [0.2, 0.25) is 5.02 Å². The van der Waals surface area contributed by atoms with Crippen molar-refractivity contribution in [2.75, 3.05) is 5.73 Å². The Balaban J connectivity index is 2.48. The summed E-state index contributed by atoms with van der Waals surface area (Å²) in [4.78, 5) is 12.1. The zero-order chi connectivity index (χ0) is 12.4. The molecule has 0 spiro atoms. The van der Waals surface area contributed by atoms with Gasteiger partial charge in [-0.15, -0.1) is 0 Å². The van der Waals surface area contributed by atoms with Gasteiger partial charge in [-0.3, -0.25) is 4.79 Å². The number of aromatic hydroxyl groups is 1. The summed E-state index contributed by atoms with van der Waals surface area (Å²) in [5, 5.41) is 9.72. The number of phenolic OH excluding ortho intramolecular Hbond substituents is 1. The number of hydrogen-bond acceptors (Lipinski definition) is 3. The van der Waals surface area contributed by atoms with Crippen LogP contribution in [0.3, 0.4) is 0 Å². The fourth-order valence-electron chi connectivity index (χ4n) is 1.50. The molecule has 3 N–H and O–H groups in total. The van der Waals surface area contributed by atoms with E-state index in [-0.39, 0.29) is 27.8 Å². The number of rotatable bonds is 2. The normalized spacial score (nSPS) is 10.2. The monoisotopic (exact) mass is 247 g/mol. The Morgan fingerprint density at radius 3 is 2.47 bits per heavy atom. The molecule has 0 aliphatic rings. The van der Waals surface area contributed by atoms with Gasteiger partial charge in [0.05, 0.1) is 10.7 Å². The van der Waals surface area contributed by atoms with E-state index in [1.807, 2.05) is 6.07 Å². The second-order valence-electron chi connectivity index (χ2n) is 3.59. The molecular formula is C13H10ClNO2. The molecule has 0 aliphatic carbocycles. The molecule has 0 radical (unpaired) electrons.